The van der Waals surface area contributed by atoms with Crippen molar-refractivity contribution in [3.8, 4) is 0 Å². The van der Waals surface area contributed by atoms with Crippen molar-refractivity contribution in [2.75, 3.05) is 11.9 Å². The highest BCUT2D eigenvalue weighted by Crippen LogP contribution is 2.12. The van der Waals surface area contributed by atoms with Crippen molar-refractivity contribution in [2.24, 2.45) is 0 Å². The van der Waals surface area contributed by atoms with Gasteiger partial charge in [0.1, 0.15) is 6.26 Å². The molecule has 0 atom stereocenters. The van der Waals surface area contributed by atoms with Crippen molar-refractivity contribution < 1.29 is 9.05 Å². The number of pyridine rings is 1. The summed E-state index contributed by atoms with van der Waals surface area (Å²) in [5.41, 5.74) is 3.84. The van der Waals surface area contributed by atoms with Crippen LogP contribution in [0.2, 0.25) is 0 Å². The molecule has 0 fully saturated rings. The van der Waals surface area contributed by atoms with Crippen molar-refractivity contribution in [2.45, 2.75) is 26.7 Å². The Morgan fingerprint density at radius 1 is 1.14 bits per heavy atom. The maximum Gasteiger partial charge on any atom is 0.321 e. The molecule has 0 bridgehead atoms. The highest BCUT2D eigenvalue weighted by atomic mass is 16.5. The van der Waals surface area contributed by atoms with Crippen LogP contribution in [0.4, 0.5) is 6.01 Å². The zero-order valence-corrected chi connectivity index (χ0v) is 12.5. The molecule has 0 saturated carbocycles. The van der Waals surface area contributed by atoms with Gasteiger partial charge in [-0.25, -0.2) is 0 Å². The molecule has 3 rings (SSSR count). The summed E-state index contributed by atoms with van der Waals surface area (Å²) in [6, 6.07) is 6.40. The number of hydrogen-bond donors (Lipinski definition) is 1. The number of rotatable bonds is 6. The second kappa shape index (κ2) is 6.38. The van der Waals surface area contributed by atoms with Gasteiger partial charge in [-0.3, -0.25) is 4.98 Å². The van der Waals surface area contributed by atoms with E-state index in [0.29, 0.717) is 24.8 Å². The van der Waals surface area contributed by atoms with E-state index in [9.17, 15) is 0 Å². The number of aryl methyl sites for hydroxylation is 2. The summed E-state index contributed by atoms with van der Waals surface area (Å²) in [5.74, 6) is 0.600. The van der Waals surface area contributed by atoms with E-state index in [0.717, 1.165) is 29.1 Å². The molecule has 114 valence electrons. The monoisotopic (exact) mass is 299 g/mol. The van der Waals surface area contributed by atoms with E-state index in [2.05, 4.69) is 25.6 Å². The van der Waals surface area contributed by atoms with E-state index in [1.165, 1.54) is 0 Å². The summed E-state index contributed by atoms with van der Waals surface area (Å²) in [4.78, 5) is 8.74. The van der Waals surface area contributed by atoms with Gasteiger partial charge in [0.25, 0.3) is 0 Å². The summed E-state index contributed by atoms with van der Waals surface area (Å²) in [6.45, 7) is 4.55. The van der Waals surface area contributed by atoms with Crippen molar-refractivity contribution >= 4 is 6.01 Å². The quantitative estimate of drug-likeness (QED) is 0.747. The van der Waals surface area contributed by atoms with Crippen LogP contribution in [-0.4, -0.2) is 26.8 Å². The lowest BCUT2D eigenvalue weighted by atomic mass is 10.2. The standard InChI is InChI=1S/C15H17N5O2/c1-10-4-3-5-13(17-10)6-7-16-15-18-14(20-22-15)8-12-9-21-19-11(12)2/h3-5,9H,6-8H2,1-2H3,(H,16,18,20). The molecule has 0 amide bonds. The van der Waals surface area contributed by atoms with Crippen molar-refractivity contribution in [3.05, 3.63) is 52.9 Å². The highest BCUT2D eigenvalue weighted by Gasteiger charge is 2.10. The van der Waals surface area contributed by atoms with Crippen LogP contribution in [0.1, 0.15) is 28.5 Å². The van der Waals surface area contributed by atoms with Crippen LogP contribution in [0.3, 0.4) is 0 Å². The maximum absolute atomic E-state index is 5.17. The molecule has 7 nitrogen and oxygen atoms in total. The van der Waals surface area contributed by atoms with Gasteiger partial charge in [-0.1, -0.05) is 16.4 Å². The second-order valence-electron chi connectivity index (χ2n) is 5.06. The fourth-order valence-corrected chi connectivity index (χ4v) is 2.09. The topological polar surface area (TPSA) is 89.9 Å². The van der Waals surface area contributed by atoms with E-state index in [4.69, 9.17) is 9.05 Å². The first-order valence-electron chi connectivity index (χ1n) is 7.09. The molecule has 7 heteroatoms. The zero-order valence-electron chi connectivity index (χ0n) is 12.5. The Labute approximate surface area is 127 Å². The fourth-order valence-electron chi connectivity index (χ4n) is 2.09. The average Bonchev–Trinajstić information content (AvgIpc) is 3.10. The predicted molar refractivity (Wildman–Crippen MR) is 79.5 cm³/mol. The second-order valence-corrected chi connectivity index (χ2v) is 5.06. The Bertz CT molecular complexity index is 750. The van der Waals surface area contributed by atoms with E-state index >= 15 is 0 Å². The highest BCUT2D eigenvalue weighted by molar-refractivity contribution is 5.23. The molecule has 0 saturated heterocycles. The Morgan fingerprint density at radius 2 is 2.05 bits per heavy atom. The zero-order chi connectivity index (χ0) is 15.4. The first kappa shape index (κ1) is 14.2. The number of aromatic nitrogens is 4. The molecule has 0 spiro atoms. The molecule has 3 heterocycles. The van der Waals surface area contributed by atoms with Gasteiger partial charge in [-0.05, 0) is 26.0 Å². The van der Waals surface area contributed by atoms with Crippen LogP contribution >= 0.6 is 0 Å². The van der Waals surface area contributed by atoms with Crippen molar-refractivity contribution in [3.63, 3.8) is 0 Å². The molecule has 3 aromatic heterocycles. The third-order valence-corrected chi connectivity index (χ3v) is 3.27. The Balaban J connectivity index is 1.52. The Kier molecular flexibility index (Phi) is 4.13. The molecular formula is C15H17N5O2. The third kappa shape index (κ3) is 3.49. The van der Waals surface area contributed by atoms with Gasteiger partial charge in [-0.15, -0.1) is 0 Å². The molecule has 0 aliphatic rings. The number of nitrogens with zero attached hydrogens (tertiary/aromatic N) is 4. The Hall–Kier alpha value is -2.70. The summed E-state index contributed by atoms with van der Waals surface area (Å²) in [6.07, 6.45) is 2.94. The lowest BCUT2D eigenvalue weighted by Gasteiger charge is -2.01. The average molecular weight is 299 g/mol. The minimum Gasteiger partial charge on any atom is -0.364 e. The van der Waals surface area contributed by atoms with Crippen LogP contribution in [0.5, 0.6) is 0 Å². The number of hydrogen-bond acceptors (Lipinski definition) is 7. The van der Waals surface area contributed by atoms with Gasteiger partial charge in [-0.2, -0.15) is 4.98 Å². The first-order valence-corrected chi connectivity index (χ1v) is 7.09. The minimum atomic E-state index is 0.414. The number of anilines is 1. The molecule has 1 N–H and O–H groups in total. The minimum absolute atomic E-state index is 0.414. The van der Waals surface area contributed by atoms with Gasteiger partial charge < -0.3 is 14.4 Å². The van der Waals surface area contributed by atoms with Gasteiger partial charge in [0, 0.05) is 36.3 Å². The summed E-state index contributed by atoms with van der Waals surface area (Å²) in [5, 5.41) is 10.9. The van der Waals surface area contributed by atoms with Gasteiger partial charge >= 0.3 is 6.01 Å². The van der Waals surface area contributed by atoms with Gasteiger partial charge in [0.05, 0.1) is 5.69 Å². The number of nitrogens with one attached hydrogen (secondary N) is 1. The van der Waals surface area contributed by atoms with Crippen LogP contribution in [0.25, 0.3) is 0 Å². The van der Waals surface area contributed by atoms with E-state index in [-0.39, 0.29) is 0 Å². The molecule has 3 aromatic rings. The van der Waals surface area contributed by atoms with Crippen LogP contribution in [-0.2, 0) is 12.8 Å². The van der Waals surface area contributed by atoms with Crippen molar-refractivity contribution in [1.29, 1.82) is 0 Å². The van der Waals surface area contributed by atoms with E-state index in [1.807, 2.05) is 32.0 Å². The maximum atomic E-state index is 5.17. The van der Waals surface area contributed by atoms with Gasteiger partial charge in [0.15, 0.2) is 5.82 Å². The lowest BCUT2D eigenvalue weighted by Crippen LogP contribution is -2.06. The first-order chi connectivity index (χ1) is 10.7. The summed E-state index contributed by atoms with van der Waals surface area (Å²) < 4.78 is 10.1. The fraction of sp³-hybridized carbons (Fsp3) is 0.333. The SMILES string of the molecule is Cc1cccc(CCNc2nc(Cc3conc3C)no2)n1. The smallest absolute Gasteiger partial charge is 0.321 e. The third-order valence-electron chi connectivity index (χ3n) is 3.27. The molecular weight excluding hydrogens is 282 g/mol. The van der Waals surface area contributed by atoms with Gasteiger partial charge in [0.2, 0.25) is 0 Å². The molecule has 0 aromatic carbocycles. The molecule has 0 aliphatic carbocycles. The molecule has 0 unspecified atom stereocenters. The van der Waals surface area contributed by atoms with Crippen molar-refractivity contribution in [1.82, 2.24) is 20.3 Å². The summed E-state index contributed by atoms with van der Waals surface area (Å²) in [7, 11) is 0. The van der Waals surface area contributed by atoms with E-state index in [1.54, 1.807) is 6.26 Å². The Morgan fingerprint density at radius 3 is 2.82 bits per heavy atom. The molecule has 0 aliphatic heterocycles. The lowest BCUT2D eigenvalue weighted by molar-refractivity contribution is 0.414. The van der Waals surface area contributed by atoms with Crippen LogP contribution < -0.4 is 5.32 Å². The van der Waals surface area contributed by atoms with Crippen LogP contribution in [0, 0.1) is 13.8 Å². The molecule has 22 heavy (non-hydrogen) atoms. The predicted octanol–water partition coefficient (Wildman–Crippen LogP) is 2.31. The van der Waals surface area contributed by atoms with Crippen LogP contribution in [0.15, 0.2) is 33.5 Å². The van der Waals surface area contributed by atoms with E-state index < -0.39 is 0 Å². The molecule has 0 radical (unpaired) electrons. The normalized spacial score (nSPS) is 10.8. The largest absolute Gasteiger partial charge is 0.364 e. The summed E-state index contributed by atoms with van der Waals surface area (Å²) >= 11 is 0.